The number of nitrogens with zero attached hydrogens (tertiary/aromatic N) is 4. The fourth-order valence-electron chi connectivity index (χ4n) is 2.40. The Morgan fingerprint density at radius 2 is 1.96 bits per heavy atom. The lowest BCUT2D eigenvalue weighted by Gasteiger charge is -2.03. The largest absolute Gasteiger partial charge is 0.836 e. The summed E-state index contributed by atoms with van der Waals surface area (Å²) >= 11 is 5.85. The Hall–Kier alpha value is -3.19. The van der Waals surface area contributed by atoms with Gasteiger partial charge in [-0.3, -0.25) is 0 Å². The Labute approximate surface area is 161 Å². The zero-order chi connectivity index (χ0) is 19.2. The van der Waals surface area contributed by atoms with E-state index < -0.39 is 11.8 Å². The van der Waals surface area contributed by atoms with E-state index in [0.717, 1.165) is 15.9 Å². The lowest BCUT2D eigenvalue weighted by Crippen LogP contribution is -2.43. The van der Waals surface area contributed by atoms with Gasteiger partial charge in [0.25, 0.3) is 5.69 Å². The van der Waals surface area contributed by atoms with Crippen molar-refractivity contribution in [2.45, 2.75) is 13.5 Å². The molecule has 0 N–H and O–H groups in total. The zero-order valence-electron chi connectivity index (χ0n) is 14.6. The second kappa shape index (κ2) is 8.46. The normalized spacial score (nSPS) is 11.0. The van der Waals surface area contributed by atoms with Gasteiger partial charge in [-0.2, -0.15) is 0 Å². The van der Waals surface area contributed by atoms with Crippen LogP contribution in [0.3, 0.4) is 0 Å². The van der Waals surface area contributed by atoms with Crippen molar-refractivity contribution >= 4 is 23.8 Å². The predicted octanol–water partition coefficient (Wildman–Crippen LogP) is 2.00. The standard InChI is InChI=1S/C19H17ClN4O3/c1-2-27-19(26)17-18(25)24(21-12-14-8-10-16(20)11-9-14)22-23(17)13-15-6-4-3-5-7-15/h3-12H,2,13H2,1H3. The van der Waals surface area contributed by atoms with Gasteiger partial charge < -0.3 is 9.84 Å². The van der Waals surface area contributed by atoms with E-state index in [2.05, 4.69) is 10.3 Å². The third kappa shape index (κ3) is 4.51. The predicted molar refractivity (Wildman–Crippen MR) is 97.8 cm³/mol. The summed E-state index contributed by atoms with van der Waals surface area (Å²) < 4.78 is 6.30. The van der Waals surface area contributed by atoms with Crippen LogP contribution in [0.25, 0.3) is 0 Å². The number of carbonyl (C=O) groups excluding carboxylic acids is 1. The molecule has 1 heterocycles. The Bertz CT molecular complexity index is 953. The van der Waals surface area contributed by atoms with E-state index >= 15 is 0 Å². The molecule has 0 unspecified atom stereocenters. The van der Waals surface area contributed by atoms with Crippen molar-refractivity contribution in [2.75, 3.05) is 6.61 Å². The van der Waals surface area contributed by atoms with E-state index in [4.69, 9.17) is 16.3 Å². The first-order valence-corrected chi connectivity index (χ1v) is 8.67. The van der Waals surface area contributed by atoms with Gasteiger partial charge in [0.05, 0.1) is 12.8 Å². The van der Waals surface area contributed by atoms with Crippen molar-refractivity contribution in [1.29, 1.82) is 0 Å². The molecular formula is C19H17ClN4O3. The molecule has 0 spiro atoms. The molecule has 1 aromatic heterocycles. The second-order valence-electron chi connectivity index (χ2n) is 5.59. The maximum Gasteiger partial charge on any atom is 0.383 e. The summed E-state index contributed by atoms with van der Waals surface area (Å²) in [6.45, 7) is 2.07. The maximum absolute atomic E-state index is 12.6. The lowest BCUT2D eigenvalue weighted by molar-refractivity contribution is -0.750. The summed E-state index contributed by atoms with van der Waals surface area (Å²) in [4.78, 5) is 13.1. The van der Waals surface area contributed by atoms with Gasteiger partial charge in [0.1, 0.15) is 11.8 Å². The van der Waals surface area contributed by atoms with Gasteiger partial charge in [0.15, 0.2) is 5.88 Å². The van der Waals surface area contributed by atoms with Crippen LogP contribution in [0.2, 0.25) is 5.02 Å². The average molecular weight is 385 g/mol. The highest BCUT2D eigenvalue weighted by Crippen LogP contribution is 2.12. The molecule has 0 bridgehead atoms. The average Bonchev–Trinajstić information content (AvgIpc) is 2.97. The zero-order valence-corrected chi connectivity index (χ0v) is 15.3. The molecule has 3 aromatic rings. The quantitative estimate of drug-likeness (QED) is 0.369. The fraction of sp³-hybridized carbons (Fsp3) is 0.158. The van der Waals surface area contributed by atoms with Gasteiger partial charge >= 0.3 is 5.97 Å². The minimum atomic E-state index is -0.730. The van der Waals surface area contributed by atoms with Gasteiger partial charge in [-0.15, -0.1) is 4.68 Å². The van der Waals surface area contributed by atoms with E-state index in [-0.39, 0.29) is 18.8 Å². The van der Waals surface area contributed by atoms with Crippen LogP contribution in [0.1, 0.15) is 28.5 Å². The topological polar surface area (TPSA) is 83.4 Å². The van der Waals surface area contributed by atoms with Gasteiger partial charge in [0.2, 0.25) is 0 Å². The molecule has 7 nitrogen and oxygen atoms in total. The second-order valence-corrected chi connectivity index (χ2v) is 6.03. The molecule has 27 heavy (non-hydrogen) atoms. The molecule has 0 saturated heterocycles. The molecule has 0 aliphatic rings. The first-order valence-electron chi connectivity index (χ1n) is 8.29. The van der Waals surface area contributed by atoms with Crippen LogP contribution in [-0.2, 0) is 11.3 Å². The summed E-state index contributed by atoms with van der Waals surface area (Å²) in [5, 5.41) is 21.4. The molecule has 3 rings (SSSR count). The number of ether oxygens (including phenoxy) is 1. The van der Waals surface area contributed by atoms with Gasteiger partial charge in [-0.05, 0) is 35.0 Å². The van der Waals surface area contributed by atoms with E-state index in [1.165, 1.54) is 10.9 Å². The minimum Gasteiger partial charge on any atom is -0.836 e. The van der Waals surface area contributed by atoms with Crippen molar-refractivity contribution < 1.29 is 19.3 Å². The molecule has 0 radical (unpaired) electrons. The van der Waals surface area contributed by atoms with Crippen LogP contribution in [0.4, 0.5) is 0 Å². The maximum atomic E-state index is 12.6. The SMILES string of the molecule is CCOC(=O)c1c([O-])n(N=Cc2ccc(Cl)cc2)n[n+]1Cc1ccccc1. The molecule has 8 heteroatoms. The van der Waals surface area contributed by atoms with E-state index in [1.807, 2.05) is 30.3 Å². The molecule has 0 atom stereocenters. The van der Waals surface area contributed by atoms with Crippen molar-refractivity contribution in [3.05, 3.63) is 76.4 Å². The van der Waals surface area contributed by atoms with Crippen molar-refractivity contribution in [3.63, 3.8) is 0 Å². The third-order valence-electron chi connectivity index (χ3n) is 3.67. The van der Waals surface area contributed by atoms with Crippen LogP contribution in [0.15, 0.2) is 59.7 Å². The van der Waals surface area contributed by atoms with E-state index in [0.29, 0.717) is 5.02 Å². The first-order chi connectivity index (χ1) is 13.1. The summed E-state index contributed by atoms with van der Waals surface area (Å²) in [5.41, 5.74) is 1.45. The Morgan fingerprint density at radius 3 is 2.63 bits per heavy atom. The molecule has 2 aromatic carbocycles. The van der Waals surface area contributed by atoms with Crippen molar-refractivity contribution in [2.24, 2.45) is 5.10 Å². The van der Waals surface area contributed by atoms with Gasteiger partial charge in [-0.25, -0.2) is 4.79 Å². The molecule has 0 fully saturated rings. The van der Waals surface area contributed by atoms with Crippen LogP contribution < -0.4 is 9.79 Å². The van der Waals surface area contributed by atoms with Crippen LogP contribution >= 0.6 is 11.6 Å². The number of halogens is 1. The smallest absolute Gasteiger partial charge is 0.383 e. The summed E-state index contributed by atoms with van der Waals surface area (Å²) in [7, 11) is 0. The Balaban J connectivity index is 1.95. The van der Waals surface area contributed by atoms with Gasteiger partial charge in [-0.1, -0.05) is 59.2 Å². The number of hydrogen-bond acceptors (Lipinski definition) is 5. The number of carbonyl (C=O) groups is 1. The van der Waals surface area contributed by atoms with Gasteiger partial charge in [0, 0.05) is 5.02 Å². The fourth-order valence-corrected chi connectivity index (χ4v) is 2.52. The third-order valence-corrected chi connectivity index (χ3v) is 3.92. The Morgan fingerprint density at radius 1 is 1.26 bits per heavy atom. The Kier molecular flexibility index (Phi) is 5.83. The molecular weight excluding hydrogens is 368 g/mol. The molecule has 0 saturated carbocycles. The molecule has 0 aliphatic heterocycles. The van der Waals surface area contributed by atoms with E-state index in [1.54, 1.807) is 31.2 Å². The monoisotopic (exact) mass is 384 g/mol. The summed E-state index contributed by atoms with van der Waals surface area (Å²) in [6, 6.07) is 16.3. The number of benzene rings is 2. The first kappa shape index (κ1) is 18.6. The van der Waals surface area contributed by atoms with Crippen molar-refractivity contribution in [3.8, 4) is 5.88 Å². The highest BCUT2D eigenvalue weighted by atomic mass is 35.5. The minimum absolute atomic E-state index is 0.156. The van der Waals surface area contributed by atoms with Crippen LogP contribution in [0, 0.1) is 0 Å². The van der Waals surface area contributed by atoms with E-state index in [9.17, 15) is 9.90 Å². The number of esters is 1. The number of aromatic nitrogens is 3. The molecule has 138 valence electrons. The summed E-state index contributed by atoms with van der Waals surface area (Å²) in [5.74, 6) is -1.37. The molecule has 0 aliphatic carbocycles. The van der Waals surface area contributed by atoms with Crippen LogP contribution in [-0.4, -0.2) is 28.8 Å². The highest BCUT2D eigenvalue weighted by molar-refractivity contribution is 6.30. The van der Waals surface area contributed by atoms with Crippen molar-refractivity contribution in [1.82, 2.24) is 10.0 Å². The molecule has 0 amide bonds. The van der Waals surface area contributed by atoms with Crippen LogP contribution in [0.5, 0.6) is 5.88 Å². The number of rotatable bonds is 6. The summed E-state index contributed by atoms with van der Waals surface area (Å²) in [6.07, 6.45) is 1.46. The lowest BCUT2D eigenvalue weighted by atomic mass is 10.2. The highest BCUT2D eigenvalue weighted by Gasteiger charge is 2.27. The number of hydrogen-bond donors (Lipinski definition) is 0.